The minimum atomic E-state index is -3.22. The zero-order chi connectivity index (χ0) is 18.3. The Labute approximate surface area is 151 Å². The second-order valence-electron chi connectivity index (χ2n) is 6.38. The van der Waals surface area contributed by atoms with Crippen LogP contribution in [0.3, 0.4) is 0 Å². The van der Waals surface area contributed by atoms with E-state index in [1.54, 1.807) is 16.8 Å². The number of hydrogen-bond acceptors (Lipinski definition) is 4. The van der Waals surface area contributed by atoms with E-state index < -0.39 is 9.84 Å². The maximum Gasteiger partial charge on any atom is 0.256 e. The number of amides is 1. The smallest absolute Gasteiger partial charge is 0.256 e. The van der Waals surface area contributed by atoms with Crippen molar-refractivity contribution in [2.45, 2.75) is 18.4 Å². The summed E-state index contributed by atoms with van der Waals surface area (Å²) in [6, 6.07) is 16.6. The molecule has 7 heteroatoms. The molecule has 4 rings (SSSR count). The molecule has 0 atom stereocenters. The Morgan fingerprint density at radius 3 is 2.58 bits per heavy atom. The summed E-state index contributed by atoms with van der Waals surface area (Å²) in [6.45, 7) is 1.91. The van der Waals surface area contributed by atoms with Crippen molar-refractivity contribution in [3.63, 3.8) is 0 Å². The van der Waals surface area contributed by atoms with Gasteiger partial charge in [0.05, 0.1) is 22.9 Å². The van der Waals surface area contributed by atoms with Crippen molar-refractivity contribution >= 4 is 21.6 Å². The average molecular weight is 367 g/mol. The van der Waals surface area contributed by atoms with Gasteiger partial charge in [0.15, 0.2) is 9.84 Å². The molecule has 26 heavy (non-hydrogen) atoms. The zero-order valence-corrected chi connectivity index (χ0v) is 15.0. The number of para-hydroxylation sites is 1. The molecule has 132 valence electrons. The summed E-state index contributed by atoms with van der Waals surface area (Å²) in [5, 5.41) is 7.31. The minimum Gasteiger partial charge on any atom is -0.306 e. The van der Waals surface area contributed by atoms with E-state index in [2.05, 4.69) is 10.4 Å². The summed E-state index contributed by atoms with van der Waals surface area (Å²) in [4.78, 5) is 12.7. The fraction of sp³-hybridized carbons (Fsp3) is 0.158. The van der Waals surface area contributed by atoms with Crippen LogP contribution in [0.4, 0.5) is 5.82 Å². The molecule has 0 saturated carbocycles. The molecule has 1 aliphatic rings. The van der Waals surface area contributed by atoms with Gasteiger partial charge in [0.25, 0.3) is 5.91 Å². The van der Waals surface area contributed by atoms with Crippen LogP contribution >= 0.6 is 0 Å². The molecule has 0 bridgehead atoms. The minimum absolute atomic E-state index is 0.102. The fourth-order valence-corrected chi connectivity index (χ4v) is 4.59. The van der Waals surface area contributed by atoms with Crippen molar-refractivity contribution in [3.05, 3.63) is 77.0 Å². The van der Waals surface area contributed by atoms with Gasteiger partial charge in [-0.3, -0.25) is 4.79 Å². The predicted molar refractivity (Wildman–Crippen MR) is 99.0 cm³/mol. The molecule has 0 saturated heterocycles. The van der Waals surface area contributed by atoms with Crippen LogP contribution in [0.25, 0.3) is 5.69 Å². The molecule has 1 amide bonds. The van der Waals surface area contributed by atoms with E-state index >= 15 is 0 Å². The van der Waals surface area contributed by atoms with Gasteiger partial charge < -0.3 is 5.32 Å². The first-order valence-electron chi connectivity index (χ1n) is 8.17. The molecule has 1 aliphatic heterocycles. The molecule has 3 aromatic rings. The molecule has 0 unspecified atom stereocenters. The number of nitrogens with zero attached hydrogens (tertiary/aromatic N) is 2. The van der Waals surface area contributed by atoms with Crippen molar-refractivity contribution < 1.29 is 13.2 Å². The third-order valence-corrected chi connectivity index (χ3v) is 5.74. The Hall–Kier alpha value is -2.93. The number of aryl methyl sites for hydroxylation is 1. The molecule has 0 fully saturated rings. The molecule has 0 aliphatic carbocycles. The molecule has 2 aromatic carbocycles. The summed E-state index contributed by atoms with van der Waals surface area (Å²) in [5.41, 5.74) is 3.31. The van der Waals surface area contributed by atoms with Crippen LogP contribution in [0.15, 0.2) is 54.6 Å². The lowest BCUT2D eigenvalue weighted by molar-refractivity contribution is 0.102. The van der Waals surface area contributed by atoms with E-state index in [-0.39, 0.29) is 17.4 Å². The number of anilines is 1. The topological polar surface area (TPSA) is 81.1 Å². The number of hydrogen-bond donors (Lipinski definition) is 1. The first-order valence-corrected chi connectivity index (χ1v) is 10.00. The average Bonchev–Trinajstić information content (AvgIpc) is 3.08. The molecule has 1 N–H and O–H groups in total. The highest BCUT2D eigenvalue weighted by Gasteiger charge is 2.33. The van der Waals surface area contributed by atoms with Crippen LogP contribution in [0.2, 0.25) is 0 Å². The van der Waals surface area contributed by atoms with E-state index in [1.165, 1.54) is 0 Å². The van der Waals surface area contributed by atoms with E-state index in [4.69, 9.17) is 0 Å². The van der Waals surface area contributed by atoms with E-state index in [1.807, 2.05) is 49.4 Å². The van der Waals surface area contributed by atoms with Crippen LogP contribution in [0, 0.1) is 6.92 Å². The number of benzene rings is 2. The molecular weight excluding hydrogens is 350 g/mol. The lowest BCUT2D eigenvalue weighted by atomic mass is 10.1. The maximum atomic E-state index is 12.7. The lowest BCUT2D eigenvalue weighted by Gasteiger charge is -2.11. The highest BCUT2D eigenvalue weighted by molar-refractivity contribution is 7.90. The van der Waals surface area contributed by atoms with Gasteiger partial charge in [-0.1, -0.05) is 35.9 Å². The van der Waals surface area contributed by atoms with Crippen LogP contribution in [-0.2, 0) is 21.3 Å². The van der Waals surface area contributed by atoms with E-state index in [0.29, 0.717) is 22.6 Å². The first kappa shape index (κ1) is 16.5. The van der Waals surface area contributed by atoms with Gasteiger partial charge in [-0.25, -0.2) is 13.1 Å². The highest BCUT2D eigenvalue weighted by atomic mass is 32.2. The molecule has 2 heterocycles. The summed E-state index contributed by atoms with van der Waals surface area (Å²) >= 11 is 0. The number of carbonyl (C=O) groups is 1. The van der Waals surface area contributed by atoms with Gasteiger partial charge in [-0.2, -0.15) is 5.10 Å². The standard InChI is InChI=1S/C19H17N3O3S/c1-13-6-5-7-14(10-13)19(23)20-18-16-11-26(24,25)12-17(16)21-22(18)15-8-3-2-4-9-15/h2-10H,11-12H2,1H3,(H,20,23). The Bertz CT molecular complexity index is 1100. The third kappa shape index (κ3) is 3.01. The number of fused-ring (bicyclic) bond motifs is 1. The summed E-state index contributed by atoms with van der Waals surface area (Å²) in [5.74, 6) is -0.0923. The number of nitrogens with one attached hydrogen (secondary N) is 1. The quantitative estimate of drug-likeness (QED) is 0.772. The summed E-state index contributed by atoms with van der Waals surface area (Å²) in [6.07, 6.45) is 0. The van der Waals surface area contributed by atoms with Crippen molar-refractivity contribution in [2.24, 2.45) is 0 Å². The van der Waals surface area contributed by atoms with Crippen LogP contribution < -0.4 is 5.32 Å². The molecule has 0 spiro atoms. The lowest BCUT2D eigenvalue weighted by Crippen LogP contribution is -2.17. The third-order valence-electron chi connectivity index (χ3n) is 4.30. The van der Waals surface area contributed by atoms with Crippen molar-refractivity contribution in [3.8, 4) is 5.69 Å². The number of rotatable bonds is 3. The van der Waals surface area contributed by atoms with E-state index in [0.717, 1.165) is 11.3 Å². The Morgan fingerprint density at radius 1 is 1.08 bits per heavy atom. The Morgan fingerprint density at radius 2 is 1.85 bits per heavy atom. The monoisotopic (exact) mass is 367 g/mol. The van der Waals surface area contributed by atoms with Gasteiger partial charge in [0.1, 0.15) is 5.82 Å². The van der Waals surface area contributed by atoms with Gasteiger partial charge in [0, 0.05) is 11.1 Å². The van der Waals surface area contributed by atoms with Crippen molar-refractivity contribution in [1.29, 1.82) is 0 Å². The van der Waals surface area contributed by atoms with Gasteiger partial charge in [-0.15, -0.1) is 0 Å². The number of carbonyl (C=O) groups excluding carboxylic acids is 1. The molecular formula is C19H17N3O3S. The fourth-order valence-electron chi connectivity index (χ4n) is 3.09. The van der Waals surface area contributed by atoms with Gasteiger partial charge >= 0.3 is 0 Å². The largest absolute Gasteiger partial charge is 0.306 e. The first-order chi connectivity index (χ1) is 12.4. The van der Waals surface area contributed by atoms with Crippen molar-refractivity contribution in [2.75, 3.05) is 5.32 Å². The van der Waals surface area contributed by atoms with Gasteiger partial charge in [-0.05, 0) is 31.2 Å². The number of aromatic nitrogens is 2. The Balaban J connectivity index is 1.78. The zero-order valence-electron chi connectivity index (χ0n) is 14.1. The predicted octanol–water partition coefficient (Wildman–Crippen LogP) is 2.86. The Kier molecular flexibility index (Phi) is 3.88. The van der Waals surface area contributed by atoms with Gasteiger partial charge in [0.2, 0.25) is 0 Å². The van der Waals surface area contributed by atoms with Crippen LogP contribution in [0.1, 0.15) is 27.2 Å². The number of sulfone groups is 1. The van der Waals surface area contributed by atoms with E-state index in [9.17, 15) is 13.2 Å². The summed E-state index contributed by atoms with van der Waals surface area (Å²) < 4.78 is 25.6. The normalized spacial score (nSPS) is 14.8. The van der Waals surface area contributed by atoms with Crippen LogP contribution in [-0.4, -0.2) is 24.1 Å². The molecule has 0 radical (unpaired) electrons. The SMILES string of the molecule is Cc1cccc(C(=O)Nc2c3c(nn2-c2ccccc2)CS(=O)(=O)C3)c1. The second kappa shape index (κ2) is 6.10. The van der Waals surface area contributed by atoms with Crippen molar-refractivity contribution in [1.82, 2.24) is 9.78 Å². The van der Waals surface area contributed by atoms with Crippen LogP contribution in [0.5, 0.6) is 0 Å². The molecule has 1 aromatic heterocycles. The highest BCUT2D eigenvalue weighted by Crippen LogP contribution is 2.33. The summed E-state index contributed by atoms with van der Waals surface area (Å²) in [7, 11) is -3.22. The second-order valence-corrected chi connectivity index (χ2v) is 8.44. The maximum absolute atomic E-state index is 12.7. The molecule has 6 nitrogen and oxygen atoms in total.